The molecule has 0 unspecified atom stereocenters. The number of aliphatic hydroxyl groups is 1. The number of urea groups is 1. The van der Waals surface area contributed by atoms with E-state index in [1.54, 1.807) is 29.2 Å². The van der Waals surface area contributed by atoms with Crippen molar-refractivity contribution in [1.82, 2.24) is 10.2 Å². The van der Waals surface area contributed by atoms with Gasteiger partial charge in [-0.3, -0.25) is 4.79 Å². The molecular formula is C15H21N3O3. The van der Waals surface area contributed by atoms with Crippen LogP contribution < -0.4 is 11.1 Å². The van der Waals surface area contributed by atoms with Crippen LogP contribution >= 0.6 is 0 Å². The highest BCUT2D eigenvalue weighted by Crippen LogP contribution is 2.27. The van der Waals surface area contributed by atoms with Gasteiger partial charge >= 0.3 is 6.03 Å². The van der Waals surface area contributed by atoms with E-state index in [1.807, 2.05) is 6.92 Å². The van der Waals surface area contributed by atoms with Crippen LogP contribution in [0.2, 0.25) is 0 Å². The molecule has 0 bridgehead atoms. The maximum atomic E-state index is 12.2. The Morgan fingerprint density at radius 1 is 1.33 bits per heavy atom. The van der Waals surface area contributed by atoms with E-state index in [0.29, 0.717) is 31.6 Å². The quantitative estimate of drug-likeness (QED) is 0.750. The molecule has 1 aliphatic heterocycles. The van der Waals surface area contributed by atoms with Gasteiger partial charge in [-0.2, -0.15) is 0 Å². The van der Waals surface area contributed by atoms with Gasteiger partial charge in [0.2, 0.25) is 0 Å². The summed E-state index contributed by atoms with van der Waals surface area (Å²) in [6.07, 6.45) is 1.62. The molecule has 6 heteroatoms. The molecule has 1 aromatic carbocycles. The van der Waals surface area contributed by atoms with Crippen LogP contribution in [0, 0.1) is 0 Å². The molecule has 114 valence electrons. The zero-order valence-corrected chi connectivity index (χ0v) is 12.1. The summed E-state index contributed by atoms with van der Waals surface area (Å²) < 4.78 is 0. The standard InChI is InChI=1S/C15H21N3O3/c1-2-7-15(21)9-18(10-15)13(19)12-5-3-11(4-6-12)8-17-14(16)20/h3-6,21H,2,7-10H2,1H3,(H3,16,17,20). The summed E-state index contributed by atoms with van der Waals surface area (Å²) in [7, 11) is 0. The molecule has 0 saturated carbocycles. The number of hydrogen-bond donors (Lipinski definition) is 3. The molecule has 0 aromatic heterocycles. The number of hydrogen-bond acceptors (Lipinski definition) is 3. The summed E-state index contributed by atoms with van der Waals surface area (Å²) in [4.78, 5) is 24.5. The van der Waals surface area contributed by atoms with E-state index in [4.69, 9.17) is 5.73 Å². The molecule has 4 N–H and O–H groups in total. The molecule has 6 nitrogen and oxygen atoms in total. The molecule has 1 heterocycles. The van der Waals surface area contributed by atoms with Crippen molar-refractivity contribution < 1.29 is 14.7 Å². The Kier molecular flexibility index (Phi) is 4.47. The minimum atomic E-state index is -0.713. The first-order valence-electron chi connectivity index (χ1n) is 7.07. The van der Waals surface area contributed by atoms with Crippen molar-refractivity contribution in [3.8, 4) is 0 Å². The minimum absolute atomic E-state index is 0.0785. The third kappa shape index (κ3) is 3.72. The normalized spacial score (nSPS) is 16.2. The highest BCUT2D eigenvalue weighted by Gasteiger charge is 2.42. The van der Waals surface area contributed by atoms with Gasteiger partial charge in [-0.15, -0.1) is 0 Å². The van der Waals surface area contributed by atoms with Crippen LogP contribution in [0.25, 0.3) is 0 Å². The van der Waals surface area contributed by atoms with Crippen LogP contribution in [0.5, 0.6) is 0 Å². The molecule has 0 spiro atoms. The number of benzene rings is 1. The van der Waals surface area contributed by atoms with Gasteiger partial charge in [0.15, 0.2) is 0 Å². The number of carbonyl (C=O) groups excluding carboxylic acids is 2. The van der Waals surface area contributed by atoms with Gasteiger partial charge in [-0.05, 0) is 24.1 Å². The summed E-state index contributed by atoms with van der Waals surface area (Å²) in [5.74, 6) is -0.0785. The Morgan fingerprint density at radius 2 is 1.95 bits per heavy atom. The van der Waals surface area contributed by atoms with E-state index in [9.17, 15) is 14.7 Å². The number of primary amides is 1. The lowest BCUT2D eigenvalue weighted by Gasteiger charge is -2.46. The summed E-state index contributed by atoms with van der Waals surface area (Å²) in [5, 5.41) is 12.6. The van der Waals surface area contributed by atoms with E-state index in [2.05, 4.69) is 5.32 Å². The fourth-order valence-corrected chi connectivity index (χ4v) is 2.57. The van der Waals surface area contributed by atoms with Crippen LogP contribution in [0.15, 0.2) is 24.3 Å². The number of carbonyl (C=O) groups is 2. The summed E-state index contributed by atoms with van der Waals surface area (Å²) >= 11 is 0. The number of nitrogens with two attached hydrogens (primary N) is 1. The molecule has 0 radical (unpaired) electrons. The van der Waals surface area contributed by atoms with Crippen molar-refractivity contribution in [2.24, 2.45) is 5.73 Å². The van der Waals surface area contributed by atoms with Crippen LogP contribution in [0.3, 0.4) is 0 Å². The minimum Gasteiger partial charge on any atom is -0.386 e. The van der Waals surface area contributed by atoms with E-state index in [-0.39, 0.29) is 5.91 Å². The fourth-order valence-electron chi connectivity index (χ4n) is 2.57. The average Bonchev–Trinajstić information content (AvgIpc) is 2.42. The third-order valence-electron chi connectivity index (χ3n) is 3.64. The lowest BCUT2D eigenvalue weighted by atomic mass is 9.88. The van der Waals surface area contributed by atoms with Crippen LogP contribution in [0.4, 0.5) is 4.79 Å². The Hall–Kier alpha value is -2.08. The smallest absolute Gasteiger partial charge is 0.312 e. The molecule has 0 atom stereocenters. The van der Waals surface area contributed by atoms with E-state index in [1.165, 1.54) is 0 Å². The van der Waals surface area contributed by atoms with Gasteiger partial charge in [-0.25, -0.2) is 4.79 Å². The number of nitrogens with one attached hydrogen (secondary N) is 1. The van der Waals surface area contributed by atoms with E-state index >= 15 is 0 Å². The Morgan fingerprint density at radius 3 is 2.48 bits per heavy atom. The first-order chi connectivity index (χ1) is 9.93. The van der Waals surface area contributed by atoms with Crippen molar-refractivity contribution in [1.29, 1.82) is 0 Å². The van der Waals surface area contributed by atoms with Gasteiger partial charge in [-0.1, -0.05) is 25.5 Å². The van der Waals surface area contributed by atoms with Crippen molar-refractivity contribution in [2.45, 2.75) is 31.9 Å². The molecule has 2 rings (SSSR count). The third-order valence-corrected chi connectivity index (χ3v) is 3.64. The highest BCUT2D eigenvalue weighted by atomic mass is 16.3. The van der Waals surface area contributed by atoms with Crippen molar-refractivity contribution in [3.63, 3.8) is 0 Å². The SMILES string of the molecule is CCCC1(O)CN(C(=O)c2ccc(CNC(N)=O)cc2)C1. The predicted octanol–water partition coefficient (Wildman–Crippen LogP) is 0.842. The zero-order valence-electron chi connectivity index (χ0n) is 12.1. The van der Waals surface area contributed by atoms with Crippen LogP contribution in [0.1, 0.15) is 35.7 Å². The summed E-state index contributed by atoms with van der Waals surface area (Å²) in [6, 6.07) is 6.42. The molecular weight excluding hydrogens is 270 g/mol. The fraction of sp³-hybridized carbons (Fsp3) is 0.467. The van der Waals surface area contributed by atoms with E-state index in [0.717, 1.165) is 12.0 Å². The lowest BCUT2D eigenvalue weighted by Crippen LogP contribution is -2.63. The first kappa shape index (κ1) is 15.3. The topological polar surface area (TPSA) is 95.7 Å². The number of nitrogens with zero attached hydrogens (tertiary/aromatic N) is 1. The maximum Gasteiger partial charge on any atom is 0.312 e. The van der Waals surface area contributed by atoms with Gasteiger partial charge in [0.1, 0.15) is 0 Å². The second-order valence-corrected chi connectivity index (χ2v) is 5.55. The zero-order chi connectivity index (χ0) is 15.5. The van der Waals surface area contributed by atoms with Crippen molar-refractivity contribution in [3.05, 3.63) is 35.4 Å². The number of rotatable bonds is 5. The molecule has 3 amide bonds. The van der Waals surface area contributed by atoms with Crippen molar-refractivity contribution in [2.75, 3.05) is 13.1 Å². The highest BCUT2D eigenvalue weighted by molar-refractivity contribution is 5.95. The number of β-amino-alcohol motifs (C(OH)–C–C–N with tert-alkyl or cyclic N) is 1. The molecule has 1 aromatic rings. The Bertz CT molecular complexity index is 521. The molecule has 0 aliphatic carbocycles. The van der Waals surface area contributed by atoms with Gasteiger partial charge in [0.25, 0.3) is 5.91 Å². The first-order valence-corrected chi connectivity index (χ1v) is 7.07. The maximum absolute atomic E-state index is 12.2. The van der Waals surface area contributed by atoms with Crippen LogP contribution in [-0.2, 0) is 6.54 Å². The summed E-state index contributed by atoms with van der Waals surface area (Å²) in [6.45, 7) is 3.14. The number of likely N-dealkylation sites (tertiary alicyclic amines) is 1. The monoisotopic (exact) mass is 291 g/mol. The second kappa shape index (κ2) is 6.13. The average molecular weight is 291 g/mol. The van der Waals surface area contributed by atoms with Gasteiger partial charge in [0.05, 0.1) is 18.7 Å². The molecule has 1 aliphatic rings. The predicted molar refractivity (Wildman–Crippen MR) is 78.6 cm³/mol. The van der Waals surface area contributed by atoms with Gasteiger partial charge < -0.3 is 21.1 Å². The molecule has 1 fully saturated rings. The van der Waals surface area contributed by atoms with Gasteiger partial charge in [0, 0.05) is 12.1 Å². The Balaban J connectivity index is 1.91. The molecule has 1 saturated heterocycles. The lowest BCUT2D eigenvalue weighted by molar-refractivity contribution is -0.0860. The molecule has 21 heavy (non-hydrogen) atoms. The largest absolute Gasteiger partial charge is 0.386 e. The van der Waals surface area contributed by atoms with Crippen molar-refractivity contribution >= 4 is 11.9 Å². The number of amides is 3. The Labute approximate surface area is 123 Å². The van der Waals surface area contributed by atoms with E-state index < -0.39 is 11.6 Å². The van der Waals surface area contributed by atoms with Crippen LogP contribution in [-0.4, -0.2) is 40.6 Å². The summed E-state index contributed by atoms with van der Waals surface area (Å²) in [5.41, 5.74) is 5.74. The second-order valence-electron chi connectivity index (χ2n) is 5.55.